The van der Waals surface area contributed by atoms with E-state index in [2.05, 4.69) is 28.8 Å². The van der Waals surface area contributed by atoms with Crippen molar-refractivity contribution < 1.29 is 38.5 Å². The Morgan fingerprint density at radius 3 is 2.64 bits per heavy atom. The molecule has 6 rings (SSSR count). The average molecular weight is 729 g/mol. The number of hydrogen-bond donors (Lipinski definition) is 2. The van der Waals surface area contributed by atoms with Crippen LogP contribution in [-0.2, 0) is 40.1 Å². The Morgan fingerprint density at radius 2 is 1.91 bits per heavy atom. The number of esters is 1. The third-order valence-electron chi connectivity index (χ3n) is 10.5. The summed E-state index contributed by atoms with van der Waals surface area (Å²) in [5.41, 5.74) is 0.780. The molecule has 0 unspecified atom stereocenters. The first kappa shape index (κ1) is 37.8. The quantitative estimate of drug-likeness (QED) is 0.107. The fourth-order valence-electron chi connectivity index (χ4n) is 8.19. The van der Waals surface area contributed by atoms with Crippen LogP contribution in [0.1, 0.15) is 50.2 Å². The van der Waals surface area contributed by atoms with E-state index in [1.807, 2.05) is 42.5 Å². The molecule has 2 aromatic carbocycles. The van der Waals surface area contributed by atoms with Crippen LogP contribution in [0, 0.1) is 11.8 Å². The van der Waals surface area contributed by atoms with Gasteiger partial charge in [-0.1, -0.05) is 59.8 Å². The third-order valence-corrected chi connectivity index (χ3v) is 10.5. The Hall–Kier alpha value is -4.92. The van der Waals surface area contributed by atoms with Gasteiger partial charge in [0.2, 0.25) is 17.7 Å². The van der Waals surface area contributed by atoms with Gasteiger partial charge in [0.05, 0.1) is 36.1 Å². The van der Waals surface area contributed by atoms with E-state index in [0.29, 0.717) is 43.2 Å². The number of methoxy groups -OCH3 is 1. The Morgan fingerprint density at radius 1 is 1.13 bits per heavy atom. The molecule has 3 fully saturated rings. The first-order chi connectivity index (χ1) is 25.8. The minimum atomic E-state index is -1.28. The SMILES string of the molecule is C=CCCC(=O)N[C@@H](COC)[C@@H](OC(=O)[C@@H]1[C@@H]2CC[C@]3(O2)[C@H](C(=O)N(CC=C)Cn2nnc4ccccc42)N(CCCCO)C(=O)[C@@H]13)c1ccccc1. The highest BCUT2D eigenvalue weighted by atomic mass is 16.6. The Bertz CT molecular complexity index is 1800. The number of aliphatic hydroxyl groups is 1. The zero-order valence-electron chi connectivity index (χ0n) is 30.0. The van der Waals surface area contributed by atoms with E-state index in [-0.39, 0.29) is 57.1 Å². The number of amides is 3. The summed E-state index contributed by atoms with van der Waals surface area (Å²) in [5, 5.41) is 21.0. The Balaban J connectivity index is 1.31. The average Bonchev–Trinajstić information content (AvgIpc) is 3.92. The molecule has 282 valence electrons. The van der Waals surface area contributed by atoms with E-state index in [1.54, 1.807) is 33.9 Å². The number of carbonyl (C=O) groups excluding carboxylic acids is 4. The molecule has 0 radical (unpaired) electrons. The highest BCUT2D eigenvalue weighted by Crippen LogP contribution is 2.59. The molecule has 2 N–H and O–H groups in total. The number of para-hydroxylation sites is 1. The first-order valence-electron chi connectivity index (χ1n) is 18.2. The van der Waals surface area contributed by atoms with Gasteiger partial charge in [-0.3, -0.25) is 19.2 Å². The lowest BCUT2D eigenvalue weighted by molar-refractivity contribution is -0.163. The molecule has 3 aliphatic heterocycles. The molecule has 7 atom stereocenters. The largest absolute Gasteiger partial charge is 0.455 e. The molecule has 3 saturated heterocycles. The van der Waals surface area contributed by atoms with Crippen molar-refractivity contribution in [3.05, 3.63) is 85.5 Å². The lowest BCUT2D eigenvalue weighted by atomic mass is 9.70. The minimum absolute atomic E-state index is 0.0499. The molecule has 2 bridgehead atoms. The number of ether oxygens (including phenoxy) is 3. The van der Waals surface area contributed by atoms with Gasteiger partial charge in [0.25, 0.3) is 0 Å². The number of unbranched alkanes of at least 4 members (excludes halogenated alkanes) is 1. The van der Waals surface area contributed by atoms with Gasteiger partial charge in [0.1, 0.15) is 29.9 Å². The smallest absolute Gasteiger partial charge is 0.313 e. The summed E-state index contributed by atoms with van der Waals surface area (Å²) in [6.45, 7) is 7.95. The van der Waals surface area contributed by atoms with Crippen LogP contribution in [0.3, 0.4) is 0 Å². The number of carbonyl (C=O) groups is 4. The van der Waals surface area contributed by atoms with E-state index in [4.69, 9.17) is 14.2 Å². The first-order valence-corrected chi connectivity index (χ1v) is 18.2. The number of nitrogens with zero attached hydrogens (tertiary/aromatic N) is 5. The summed E-state index contributed by atoms with van der Waals surface area (Å²) in [6.07, 6.45) is 4.07. The summed E-state index contributed by atoms with van der Waals surface area (Å²) in [5.74, 6) is -3.59. The maximum absolute atomic E-state index is 14.8. The molecule has 53 heavy (non-hydrogen) atoms. The number of nitrogens with one attached hydrogen (secondary N) is 1. The van der Waals surface area contributed by atoms with Gasteiger partial charge < -0.3 is 34.4 Å². The monoisotopic (exact) mass is 728 g/mol. The highest BCUT2D eigenvalue weighted by molar-refractivity contribution is 5.98. The van der Waals surface area contributed by atoms with Crippen LogP contribution < -0.4 is 5.32 Å². The molecule has 0 saturated carbocycles. The summed E-state index contributed by atoms with van der Waals surface area (Å²) in [7, 11) is 1.50. The molecule has 14 nitrogen and oxygen atoms in total. The predicted molar refractivity (Wildman–Crippen MR) is 194 cm³/mol. The van der Waals surface area contributed by atoms with Crippen LogP contribution in [0.2, 0.25) is 0 Å². The van der Waals surface area contributed by atoms with Gasteiger partial charge in [-0.25, -0.2) is 4.68 Å². The zero-order chi connectivity index (χ0) is 37.5. The molecule has 1 aromatic heterocycles. The summed E-state index contributed by atoms with van der Waals surface area (Å²) < 4.78 is 20.1. The van der Waals surface area contributed by atoms with E-state index < -0.39 is 47.7 Å². The number of rotatable bonds is 19. The summed E-state index contributed by atoms with van der Waals surface area (Å²) in [6, 6.07) is 14.7. The standard InChI is InChI=1S/C39H48N6O8/c1-4-6-18-31(47)40-28(24-51-3)34(26-14-8-7-9-15-26)52-38(50)32-30-19-20-39(53-30)33(32)36(48)44(22-12-13-23-46)35(39)37(49)43(21-5-2)25-45-29-17-11-10-16-27(29)41-42-45/h4-5,7-11,14-17,28,30,32-35,46H,1-2,6,12-13,18-25H2,3H3,(H,40,47)/t28-,30-,32+,33+,34-,35-,39+/m0/s1. The molecule has 0 aliphatic carbocycles. The zero-order valence-corrected chi connectivity index (χ0v) is 30.0. The highest BCUT2D eigenvalue weighted by Gasteiger charge is 2.75. The normalized spacial score (nSPS) is 24.1. The number of fused-ring (bicyclic) bond motifs is 2. The van der Waals surface area contributed by atoms with Crippen molar-refractivity contribution in [2.75, 3.05) is 33.4 Å². The van der Waals surface area contributed by atoms with E-state index in [9.17, 15) is 24.3 Å². The number of aromatic nitrogens is 3. The van der Waals surface area contributed by atoms with E-state index in [1.165, 1.54) is 12.0 Å². The Labute approximate surface area is 308 Å². The molecule has 3 amide bonds. The van der Waals surface area contributed by atoms with Crippen molar-refractivity contribution in [1.29, 1.82) is 0 Å². The van der Waals surface area contributed by atoms with Gasteiger partial charge in [-0.05, 0) is 49.8 Å². The van der Waals surface area contributed by atoms with E-state index >= 15 is 0 Å². The van der Waals surface area contributed by atoms with Gasteiger partial charge in [0, 0.05) is 33.2 Å². The molecular weight excluding hydrogens is 680 g/mol. The lowest BCUT2D eigenvalue weighted by Gasteiger charge is -2.36. The summed E-state index contributed by atoms with van der Waals surface area (Å²) >= 11 is 0. The maximum atomic E-state index is 14.8. The van der Waals surface area contributed by atoms with Gasteiger partial charge >= 0.3 is 5.97 Å². The van der Waals surface area contributed by atoms with Crippen LogP contribution in [-0.4, -0.2) is 111 Å². The minimum Gasteiger partial charge on any atom is -0.455 e. The third kappa shape index (κ3) is 7.48. The second kappa shape index (κ2) is 16.8. The molecule has 4 heterocycles. The second-order valence-corrected chi connectivity index (χ2v) is 13.8. The number of aliphatic hydroxyl groups excluding tert-OH is 1. The molecule has 14 heteroatoms. The topological polar surface area (TPSA) is 165 Å². The maximum Gasteiger partial charge on any atom is 0.313 e. The van der Waals surface area contributed by atoms with Crippen LogP contribution in [0.4, 0.5) is 0 Å². The van der Waals surface area contributed by atoms with Crippen molar-refractivity contribution in [2.45, 2.75) is 75.1 Å². The number of likely N-dealkylation sites (tertiary alicyclic amines) is 1. The number of hydrogen-bond acceptors (Lipinski definition) is 10. The van der Waals surface area contributed by atoms with Gasteiger partial charge in [0.15, 0.2) is 0 Å². The van der Waals surface area contributed by atoms with Crippen molar-refractivity contribution in [1.82, 2.24) is 30.1 Å². The van der Waals surface area contributed by atoms with Crippen LogP contribution in [0.25, 0.3) is 11.0 Å². The van der Waals surface area contributed by atoms with Crippen LogP contribution in [0.15, 0.2) is 79.9 Å². The molecule has 1 spiro atoms. The van der Waals surface area contributed by atoms with Crippen molar-refractivity contribution in [3.63, 3.8) is 0 Å². The predicted octanol–water partition coefficient (Wildman–Crippen LogP) is 2.93. The lowest BCUT2D eigenvalue weighted by Crippen LogP contribution is -2.56. The van der Waals surface area contributed by atoms with Crippen LogP contribution in [0.5, 0.6) is 0 Å². The second-order valence-electron chi connectivity index (χ2n) is 13.8. The van der Waals surface area contributed by atoms with Crippen molar-refractivity contribution >= 4 is 34.7 Å². The van der Waals surface area contributed by atoms with E-state index in [0.717, 1.165) is 5.52 Å². The van der Waals surface area contributed by atoms with Crippen molar-refractivity contribution in [3.8, 4) is 0 Å². The van der Waals surface area contributed by atoms with Crippen molar-refractivity contribution in [2.24, 2.45) is 11.8 Å². The van der Waals surface area contributed by atoms with Gasteiger partial charge in [-0.15, -0.1) is 18.3 Å². The fraction of sp³-hybridized carbons (Fsp3) is 0.487. The fourth-order valence-corrected chi connectivity index (χ4v) is 8.19. The summed E-state index contributed by atoms with van der Waals surface area (Å²) in [4.78, 5) is 59.9. The Kier molecular flexibility index (Phi) is 12.0. The molecule has 3 aromatic rings. The van der Waals surface area contributed by atoms with Gasteiger partial charge in [-0.2, -0.15) is 0 Å². The number of allylic oxidation sites excluding steroid dienone is 1. The number of benzene rings is 2. The van der Waals surface area contributed by atoms with Crippen LogP contribution >= 0.6 is 0 Å². The molecule has 3 aliphatic rings. The molecular formula is C39H48N6O8.